The van der Waals surface area contributed by atoms with Gasteiger partial charge in [-0.25, -0.2) is 9.50 Å². The summed E-state index contributed by atoms with van der Waals surface area (Å²) < 4.78 is 3.72. The van der Waals surface area contributed by atoms with E-state index < -0.39 is 0 Å². The van der Waals surface area contributed by atoms with Gasteiger partial charge < -0.3 is 20.2 Å². The van der Waals surface area contributed by atoms with Crippen LogP contribution in [-0.2, 0) is 13.1 Å². The summed E-state index contributed by atoms with van der Waals surface area (Å²) in [7, 11) is 0. The summed E-state index contributed by atoms with van der Waals surface area (Å²) in [5.41, 5.74) is 1.45. The molecule has 4 heterocycles. The number of hydrogen-bond donors (Lipinski definition) is 3. The highest BCUT2D eigenvalue weighted by Gasteiger charge is 2.22. The molecule has 156 valence electrons. The predicted octanol–water partition coefficient (Wildman–Crippen LogP) is 1.45. The monoisotopic (exact) mass is 419 g/mol. The van der Waals surface area contributed by atoms with Gasteiger partial charge in [-0.2, -0.15) is 5.10 Å². The summed E-state index contributed by atoms with van der Waals surface area (Å²) in [6, 6.07) is 1.60. The summed E-state index contributed by atoms with van der Waals surface area (Å²) in [6.07, 6.45) is 8.04. The average Bonchev–Trinajstić information content (AvgIpc) is 3.33. The quantitative estimate of drug-likeness (QED) is 0.560. The number of nitrogens with zero attached hydrogens (tertiary/aromatic N) is 4. The SMILES string of the molecule is CCCn1ccnc1CNC(=O)c1cnn2c(C3CCNCC3)cc(=O)[nH]c12.Cl. The number of carbonyl (C=O) groups excluding carboxylic acids is 1. The molecule has 3 aromatic rings. The Morgan fingerprint density at radius 3 is 2.90 bits per heavy atom. The zero-order chi connectivity index (χ0) is 19.5. The number of H-pyrrole nitrogens is 1. The maximum absolute atomic E-state index is 12.7. The first kappa shape index (κ1) is 21.1. The predicted molar refractivity (Wildman–Crippen MR) is 112 cm³/mol. The van der Waals surface area contributed by atoms with Crippen LogP contribution in [-0.4, -0.2) is 43.1 Å². The molecule has 0 saturated carbocycles. The number of carbonyl (C=O) groups is 1. The summed E-state index contributed by atoms with van der Waals surface area (Å²) >= 11 is 0. The second-order valence-corrected chi connectivity index (χ2v) is 7.12. The number of rotatable bonds is 6. The molecule has 0 radical (unpaired) electrons. The van der Waals surface area contributed by atoms with Crippen LogP contribution < -0.4 is 16.2 Å². The van der Waals surface area contributed by atoms with Crippen LogP contribution in [0.5, 0.6) is 0 Å². The van der Waals surface area contributed by atoms with Gasteiger partial charge in [0.05, 0.1) is 18.4 Å². The minimum atomic E-state index is -0.279. The van der Waals surface area contributed by atoms with Crippen LogP contribution in [0.25, 0.3) is 5.65 Å². The Bertz CT molecular complexity index is 1030. The normalized spacial score (nSPS) is 14.7. The minimum absolute atomic E-state index is 0. The number of piperidine rings is 1. The van der Waals surface area contributed by atoms with Crippen molar-refractivity contribution in [1.29, 1.82) is 0 Å². The van der Waals surface area contributed by atoms with E-state index in [2.05, 4.69) is 32.6 Å². The molecule has 10 heteroatoms. The van der Waals surface area contributed by atoms with Crippen LogP contribution in [0.2, 0.25) is 0 Å². The maximum atomic E-state index is 12.7. The summed E-state index contributed by atoms with van der Waals surface area (Å²) in [5.74, 6) is 0.776. The molecule has 0 atom stereocenters. The number of fused-ring (bicyclic) bond motifs is 1. The van der Waals surface area contributed by atoms with Crippen LogP contribution in [0.1, 0.15) is 54.0 Å². The van der Waals surface area contributed by atoms with E-state index in [4.69, 9.17) is 0 Å². The Balaban J connectivity index is 0.00000240. The molecule has 29 heavy (non-hydrogen) atoms. The minimum Gasteiger partial charge on any atom is -0.345 e. The van der Waals surface area contributed by atoms with Gasteiger partial charge in [-0.3, -0.25) is 9.59 Å². The van der Waals surface area contributed by atoms with Gasteiger partial charge in [0.15, 0.2) is 0 Å². The maximum Gasteiger partial charge on any atom is 0.257 e. The standard InChI is InChI=1S/C19H25N7O2.ClH/c1-2-8-25-9-7-21-16(25)12-22-19(28)14-11-23-26-15(10-17(27)24-18(14)26)13-3-5-20-6-4-13;/h7,9-11,13,20H,2-6,8,12H2,1H3,(H,22,28)(H,24,27);1H. The number of aromatic amines is 1. The van der Waals surface area contributed by atoms with Gasteiger partial charge in [-0.05, 0) is 32.4 Å². The van der Waals surface area contributed by atoms with Gasteiger partial charge in [0.1, 0.15) is 17.0 Å². The van der Waals surface area contributed by atoms with Gasteiger partial charge >= 0.3 is 0 Å². The molecule has 3 N–H and O–H groups in total. The third-order valence-electron chi connectivity index (χ3n) is 5.21. The van der Waals surface area contributed by atoms with Crippen molar-refractivity contribution < 1.29 is 4.79 Å². The van der Waals surface area contributed by atoms with Crippen LogP contribution in [0.15, 0.2) is 29.5 Å². The summed E-state index contributed by atoms with van der Waals surface area (Å²) in [4.78, 5) is 32.0. The Morgan fingerprint density at radius 2 is 2.14 bits per heavy atom. The molecule has 1 aliphatic rings. The summed E-state index contributed by atoms with van der Waals surface area (Å²) in [6.45, 7) is 5.10. The number of aryl methyl sites for hydroxylation is 1. The molecular weight excluding hydrogens is 394 g/mol. The van der Waals surface area contributed by atoms with Gasteiger partial charge in [0.2, 0.25) is 0 Å². The van der Waals surface area contributed by atoms with Gasteiger partial charge in [0, 0.05) is 30.9 Å². The van der Waals surface area contributed by atoms with Crippen LogP contribution in [0.3, 0.4) is 0 Å². The molecule has 1 aliphatic heterocycles. The number of nitrogens with one attached hydrogen (secondary N) is 3. The third kappa shape index (κ3) is 4.35. The molecule has 0 bridgehead atoms. The summed E-state index contributed by atoms with van der Waals surface area (Å²) in [5, 5.41) is 10.6. The van der Waals surface area contributed by atoms with Crippen LogP contribution in [0.4, 0.5) is 0 Å². The number of aromatic nitrogens is 5. The van der Waals surface area contributed by atoms with Crippen molar-refractivity contribution in [3.63, 3.8) is 0 Å². The van der Waals surface area contributed by atoms with E-state index in [-0.39, 0.29) is 29.8 Å². The van der Waals surface area contributed by atoms with Crippen molar-refractivity contribution in [3.8, 4) is 0 Å². The van der Waals surface area contributed by atoms with Crippen molar-refractivity contribution in [1.82, 2.24) is 34.8 Å². The highest BCUT2D eigenvalue weighted by Crippen LogP contribution is 2.24. The number of amides is 1. The molecule has 1 amide bonds. The molecule has 4 rings (SSSR count). The number of hydrogen-bond acceptors (Lipinski definition) is 5. The highest BCUT2D eigenvalue weighted by atomic mass is 35.5. The topological polar surface area (TPSA) is 109 Å². The fourth-order valence-corrected chi connectivity index (χ4v) is 3.79. The lowest BCUT2D eigenvalue weighted by Crippen LogP contribution is -2.29. The first-order valence-corrected chi connectivity index (χ1v) is 9.77. The molecule has 3 aromatic heterocycles. The van der Waals surface area contributed by atoms with Crippen molar-refractivity contribution in [2.24, 2.45) is 0 Å². The Kier molecular flexibility index (Phi) is 6.71. The lowest BCUT2D eigenvalue weighted by molar-refractivity contribution is 0.0951. The van der Waals surface area contributed by atoms with Crippen LogP contribution in [0, 0.1) is 0 Å². The van der Waals surface area contributed by atoms with Gasteiger partial charge in [-0.1, -0.05) is 6.92 Å². The Labute approximate surface area is 174 Å². The van der Waals surface area contributed by atoms with Gasteiger partial charge in [0.25, 0.3) is 11.5 Å². The molecule has 0 spiro atoms. The highest BCUT2D eigenvalue weighted by molar-refractivity contribution is 5.99. The van der Waals surface area contributed by atoms with Crippen molar-refractivity contribution in [2.75, 3.05) is 13.1 Å². The molecule has 0 aliphatic carbocycles. The molecule has 0 aromatic carbocycles. The second kappa shape index (κ2) is 9.23. The van der Waals surface area contributed by atoms with Crippen molar-refractivity contribution in [3.05, 3.63) is 52.1 Å². The molecule has 9 nitrogen and oxygen atoms in total. The molecule has 1 fully saturated rings. The van der Waals surface area contributed by atoms with E-state index in [9.17, 15) is 9.59 Å². The lowest BCUT2D eigenvalue weighted by Gasteiger charge is -2.23. The van der Waals surface area contributed by atoms with E-state index in [1.807, 2.05) is 10.8 Å². The fraction of sp³-hybridized carbons (Fsp3) is 0.474. The average molecular weight is 420 g/mol. The number of imidazole rings is 1. The van der Waals surface area contributed by atoms with E-state index in [0.717, 1.165) is 50.4 Å². The Morgan fingerprint density at radius 1 is 1.34 bits per heavy atom. The first-order valence-electron chi connectivity index (χ1n) is 9.77. The van der Waals surface area contributed by atoms with Gasteiger partial charge in [-0.15, -0.1) is 12.4 Å². The molecular formula is C19H26ClN7O2. The largest absolute Gasteiger partial charge is 0.345 e. The molecule has 1 saturated heterocycles. The number of halogens is 1. The lowest BCUT2D eigenvalue weighted by atomic mass is 9.94. The van der Waals surface area contributed by atoms with E-state index >= 15 is 0 Å². The van der Waals surface area contributed by atoms with E-state index in [1.54, 1.807) is 16.8 Å². The third-order valence-corrected chi connectivity index (χ3v) is 5.21. The smallest absolute Gasteiger partial charge is 0.257 e. The van der Waals surface area contributed by atoms with Crippen molar-refractivity contribution >= 4 is 24.0 Å². The van der Waals surface area contributed by atoms with E-state index in [0.29, 0.717) is 17.8 Å². The Hall–Kier alpha value is -2.65. The molecule has 0 unspecified atom stereocenters. The van der Waals surface area contributed by atoms with Crippen LogP contribution >= 0.6 is 12.4 Å². The second-order valence-electron chi connectivity index (χ2n) is 7.12. The zero-order valence-corrected chi connectivity index (χ0v) is 17.2. The first-order chi connectivity index (χ1) is 13.7. The van der Waals surface area contributed by atoms with Crippen molar-refractivity contribution in [2.45, 2.75) is 45.2 Å². The van der Waals surface area contributed by atoms with E-state index in [1.165, 1.54) is 6.20 Å². The fourth-order valence-electron chi connectivity index (χ4n) is 3.79. The zero-order valence-electron chi connectivity index (χ0n) is 16.4.